The summed E-state index contributed by atoms with van der Waals surface area (Å²) in [6.07, 6.45) is 1.76. The van der Waals surface area contributed by atoms with Crippen molar-refractivity contribution in [2.75, 3.05) is 0 Å². The maximum Gasteiger partial charge on any atom is 0.216 e. The molecule has 7 heteroatoms. The van der Waals surface area contributed by atoms with Crippen LogP contribution in [0.25, 0.3) is 0 Å². The van der Waals surface area contributed by atoms with E-state index in [1.807, 2.05) is 29.6 Å². The number of thiophene rings is 1. The Morgan fingerprint density at radius 1 is 1.33 bits per heavy atom. The molecule has 0 fully saturated rings. The summed E-state index contributed by atoms with van der Waals surface area (Å²) in [5.74, 6) is 1.92. The highest BCUT2D eigenvalue weighted by Crippen LogP contribution is 2.19. The third-order valence-electron chi connectivity index (χ3n) is 3.48. The van der Waals surface area contributed by atoms with Gasteiger partial charge in [-0.15, -0.1) is 11.3 Å². The fraction of sp³-hybridized carbons (Fsp3) is 0.235. The van der Waals surface area contributed by atoms with Gasteiger partial charge in [-0.05, 0) is 47.3 Å². The maximum absolute atomic E-state index is 5.80. The van der Waals surface area contributed by atoms with E-state index in [1.165, 1.54) is 5.56 Å². The van der Waals surface area contributed by atoms with Crippen LogP contribution in [0.5, 0.6) is 5.75 Å². The molecule has 0 atom stereocenters. The SMILES string of the molecule is CC(C)c1ccc(OCc2n[nH]c(=S)n2/N=C\c2cccs2)cc1. The molecule has 0 aliphatic rings. The molecule has 24 heavy (non-hydrogen) atoms. The number of ether oxygens (including phenoxy) is 1. The topological polar surface area (TPSA) is 55.2 Å². The van der Waals surface area contributed by atoms with E-state index in [0.29, 0.717) is 16.5 Å². The largest absolute Gasteiger partial charge is 0.486 e. The minimum atomic E-state index is 0.288. The predicted octanol–water partition coefficient (Wildman–Crippen LogP) is 4.59. The quantitative estimate of drug-likeness (QED) is 0.518. The summed E-state index contributed by atoms with van der Waals surface area (Å²) in [6, 6.07) is 12.1. The number of hydrogen-bond acceptors (Lipinski definition) is 5. The van der Waals surface area contributed by atoms with E-state index >= 15 is 0 Å². The number of hydrogen-bond donors (Lipinski definition) is 1. The maximum atomic E-state index is 5.80. The second-order valence-corrected chi connectivity index (χ2v) is 6.90. The lowest BCUT2D eigenvalue weighted by Gasteiger charge is -2.08. The number of aromatic amines is 1. The van der Waals surface area contributed by atoms with Gasteiger partial charge < -0.3 is 4.74 Å². The summed E-state index contributed by atoms with van der Waals surface area (Å²) in [7, 11) is 0. The highest BCUT2D eigenvalue weighted by Gasteiger charge is 2.07. The Morgan fingerprint density at radius 2 is 2.12 bits per heavy atom. The lowest BCUT2D eigenvalue weighted by molar-refractivity contribution is 0.290. The summed E-state index contributed by atoms with van der Waals surface area (Å²) < 4.78 is 7.82. The minimum Gasteiger partial charge on any atom is -0.486 e. The van der Waals surface area contributed by atoms with E-state index < -0.39 is 0 Å². The van der Waals surface area contributed by atoms with Crippen molar-refractivity contribution in [1.29, 1.82) is 0 Å². The Balaban J connectivity index is 1.70. The van der Waals surface area contributed by atoms with Gasteiger partial charge in [0.2, 0.25) is 4.77 Å². The van der Waals surface area contributed by atoms with Crippen molar-refractivity contribution in [2.24, 2.45) is 5.10 Å². The molecule has 0 saturated heterocycles. The van der Waals surface area contributed by atoms with Crippen LogP contribution in [0.4, 0.5) is 0 Å². The number of nitrogens with one attached hydrogen (secondary N) is 1. The van der Waals surface area contributed by atoms with Crippen LogP contribution in [0.2, 0.25) is 0 Å². The van der Waals surface area contributed by atoms with Gasteiger partial charge in [-0.3, -0.25) is 0 Å². The predicted molar refractivity (Wildman–Crippen MR) is 99.6 cm³/mol. The van der Waals surface area contributed by atoms with Crippen LogP contribution in [-0.4, -0.2) is 21.1 Å². The molecule has 3 aromatic rings. The number of aromatic nitrogens is 3. The molecule has 5 nitrogen and oxygen atoms in total. The Morgan fingerprint density at radius 3 is 2.79 bits per heavy atom. The summed E-state index contributed by atoms with van der Waals surface area (Å²) in [5.41, 5.74) is 1.28. The molecule has 124 valence electrons. The van der Waals surface area contributed by atoms with Crippen molar-refractivity contribution >= 4 is 29.8 Å². The highest BCUT2D eigenvalue weighted by atomic mass is 32.1. The van der Waals surface area contributed by atoms with Crippen molar-refractivity contribution in [3.05, 3.63) is 62.8 Å². The molecule has 0 unspecified atom stereocenters. The molecule has 1 aromatic carbocycles. The second-order valence-electron chi connectivity index (χ2n) is 5.53. The molecule has 0 bridgehead atoms. The Bertz CT molecular complexity index is 861. The summed E-state index contributed by atoms with van der Waals surface area (Å²) in [6.45, 7) is 4.62. The molecular formula is C17H18N4OS2. The summed E-state index contributed by atoms with van der Waals surface area (Å²) in [5, 5.41) is 13.3. The fourth-order valence-corrected chi connectivity index (χ4v) is 2.89. The summed E-state index contributed by atoms with van der Waals surface area (Å²) >= 11 is 6.84. The first-order valence-electron chi connectivity index (χ1n) is 7.60. The molecule has 0 radical (unpaired) electrons. The van der Waals surface area contributed by atoms with Gasteiger partial charge in [0, 0.05) is 4.88 Å². The second kappa shape index (κ2) is 7.55. The van der Waals surface area contributed by atoms with Crippen molar-refractivity contribution in [3.8, 4) is 5.75 Å². The first kappa shape index (κ1) is 16.6. The normalized spacial score (nSPS) is 11.5. The molecule has 0 saturated carbocycles. The zero-order valence-corrected chi connectivity index (χ0v) is 15.1. The molecule has 1 N–H and O–H groups in total. The van der Waals surface area contributed by atoms with Crippen LogP contribution in [0.3, 0.4) is 0 Å². The molecule has 0 aliphatic carbocycles. The number of benzene rings is 1. The van der Waals surface area contributed by atoms with Gasteiger partial charge in [-0.1, -0.05) is 32.0 Å². The van der Waals surface area contributed by atoms with Crippen molar-refractivity contribution in [3.63, 3.8) is 0 Å². The average Bonchev–Trinajstić information content (AvgIpc) is 3.21. The van der Waals surface area contributed by atoms with Crippen LogP contribution in [0.15, 0.2) is 46.9 Å². The van der Waals surface area contributed by atoms with Crippen molar-refractivity contribution in [2.45, 2.75) is 26.4 Å². The number of H-pyrrole nitrogens is 1. The Hall–Kier alpha value is -2.25. The van der Waals surface area contributed by atoms with Crippen LogP contribution >= 0.6 is 23.6 Å². The molecule has 2 heterocycles. The van der Waals surface area contributed by atoms with Gasteiger partial charge in [0.05, 0.1) is 6.21 Å². The average molecular weight is 358 g/mol. The van der Waals surface area contributed by atoms with Gasteiger partial charge in [0.25, 0.3) is 0 Å². The molecule has 0 amide bonds. The van der Waals surface area contributed by atoms with Crippen LogP contribution in [-0.2, 0) is 6.61 Å². The first-order chi connectivity index (χ1) is 11.6. The zero-order valence-electron chi connectivity index (χ0n) is 13.5. The van der Waals surface area contributed by atoms with Crippen LogP contribution in [0, 0.1) is 4.77 Å². The number of nitrogens with zero attached hydrogens (tertiary/aromatic N) is 3. The standard InChI is InChI=1S/C17H18N4OS2/c1-12(2)13-5-7-14(8-6-13)22-11-16-19-20-17(23)21(16)18-10-15-4-3-9-24-15/h3-10,12H,11H2,1-2H3,(H,20,23)/b18-10-. The molecule has 0 spiro atoms. The molecule has 3 rings (SSSR count). The zero-order chi connectivity index (χ0) is 16.9. The van der Waals surface area contributed by atoms with E-state index in [9.17, 15) is 0 Å². The highest BCUT2D eigenvalue weighted by molar-refractivity contribution is 7.71. The minimum absolute atomic E-state index is 0.288. The molecular weight excluding hydrogens is 340 g/mol. The smallest absolute Gasteiger partial charge is 0.216 e. The van der Waals surface area contributed by atoms with Gasteiger partial charge in [0.1, 0.15) is 12.4 Å². The fourth-order valence-electron chi connectivity index (χ4n) is 2.11. The van der Waals surface area contributed by atoms with E-state index in [2.05, 4.69) is 41.3 Å². The number of rotatable bonds is 6. The Kier molecular flexibility index (Phi) is 5.22. The Labute approximate surface area is 149 Å². The molecule has 0 aliphatic heterocycles. The van der Waals surface area contributed by atoms with E-state index in [0.717, 1.165) is 10.6 Å². The van der Waals surface area contributed by atoms with Gasteiger partial charge in [-0.25, -0.2) is 5.10 Å². The van der Waals surface area contributed by atoms with Crippen molar-refractivity contribution in [1.82, 2.24) is 14.9 Å². The third-order valence-corrected chi connectivity index (χ3v) is 4.55. The van der Waals surface area contributed by atoms with Crippen LogP contribution < -0.4 is 4.74 Å². The summed E-state index contributed by atoms with van der Waals surface area (Å²) in [4.78, 5) is 1.05. The van der Waals surface area contributed by atoms with E-state index in [1.54, 1.807) is 22.2 Å². The van der Waals surface area contributed by atoms with E-state index in [4.69, 9.17) is 17.0 Å². The van der Waals surface area contributed by atoms with Crippen LogP contribution in [0.1, 0.15) is 36.0 Å². The van der Waals surface area contributed by atoms with Gasteiger partial charge >= 0.3 is 0 Å². The lowest BCUT2D eigenvalue weighted by Crippen LogP contribution is -2.04. The monoisotopic (exact) mass is 358 g/mol. The lowest BCUT2D eigenvalue weighted by atomic mass is 10.0. The van der Waals surface area contributed by atoms with E-state index in [-0.39, 0.29) is 6.61 Å². The van der Waals surface area contributed by atoms with Gasteiger partial charge in [-0.2, -0.15) is 14.9 Å². The molecule has 2 aromatic heterocycles. The third kappa shape index (κ3) is 3.98. The van der Waals surface area contributed by atoms with Crippen molar-refractivity contribution < 1.29 is 4.74 Å². The van der Waals surface area contributed by atoms with Gasteiger partial charge in [0.15, 0.2) is 5.82 Å². The first-order valence-corrected chi connectivity index (χ1v) is 8.89.